The van der Waals surface area contributed by atoms with Crippen LogP contribution in [0.4, 0.5) is 9.59 Å². The van der Waals surface area contributed by atoms with Crippen molar-refractivity contribution in [2.75, 3.05) is 58.5 Å². The zero-order chi connectivity index (χ0) is 35.1. The molecule has 0 unspecified atom stereocenters. The number of hydrogen-bond donors (Lipinski definition) is 6. The van der Waals surface area contributed by atoms with E-state index in [1.165, 1.54) is 0 Å². The molecule has 44 heavy (non-hydrogen) atoms. The Kier molecular flexibility index (Phi) is 47.9. The minimum Gasteiger partial charge on any atom is -0.444 e. The summed E-state index contributed by atoms with van der Waals surface area (Å²) >= 11 is 3.01. The van der Waals surface area contributed by atoms with Gasteiger partial charge in [-0.1, -0.05) is 27.8 Å². The Hall–Kier alpha value is -2.06. The number of nitrogens with two attached hydrogens (primary N) is 1. The maximum absolute atomic E-state index is 11.3. The molecule has 0 fully saturated rings. The van der Waals surface area contributed by atoms with Gasteiger partial charge in [-0.2, -0.15) is 0 Å². The van der Waals surface area contributed by atoms with Gasteiger partial charge in [-0.25, -0.2) is 9.59 Å². The summed E-state index contributed by atoms with van der Waals surface area (Å²) in [5, 5.41) is 29.8. The van der Waals surface area contributed by atoms with Crippen LogP contribution in [0.15, 0.2) is 0 Å². The molecule has 0 saturated heterocycles. The number of alkyl halides is 1. The number of halogens is 1. The van der Waals surface area contributed by atoms with Gasteiger partial charge < -0.3 is 45.9 Å². The topological polar surface area (TPSA) is 173 Å². The van der Waals surface area contributed by atoms with E-state index in [0.29, 0.717) is 38.2 Å². The summed E-state index contributed by atoms with van der Waals surface area (Å²) in [5.41, 5.74) is 4.31. The number of carbonyl (C=O) groups excluding carboxylic acids is 2. The molecule has 0 aromatic carbocycles. The number of aliphatic hydroxyl groups is 3. The van der Waals surface area contributed by atoms with E-state index in [4.69, 9.17) is 48.1 Å². The van der Waals surface area contributed by atoms with E-state index >= 15 is 0 Å². The van der Waals surface area contributed by atoms with Crippen molar-refractivity contribution in [1.29, 1.82) is 0 Å². The molecule has 0 heterocycles. The monoisotopic (exact) mass is 697 g/mol. The second kappa shape index (κ2) is 40.9. The van der Waals surface area contributed by atoms with Crippen molar-refractivity contribution in [2.24, 2.45) is 5.73 Å². The number of nitrogens with one attached hydrogen (secondary N) is 2. The van der Waals surface area contributed by atoms with Gasteiger partial charge in [0.25, 0.3) is 0 Å². The molecule has 7 N–H and O–H groups in total. The van der Waals surface area contributed by atoms with Crippen LogP contribution in [-0.4, -0.2) is 97.2 Å². The third kappa shape index (κ3) is 67.6. The average Bonchev–Trinajstić information content (AvgIpc) is 2.95. The molecule has 0 atom stereocenters. The second-order valence-corrected chi connectivity index (χ2v) is 11.4. The highest BCUT2D eigenvalue weighted by Gasteiger charge is 2.16. The quantitative estimate of drug-likeness (QED) is 0.0757. The fraction of sp³-hybridized carbons (Fsp3) is 0.812. The van der Waals surface area contributed by atoms with Crippen molar-refractivity contribution in [3.63, 3.8) is 0 Å². The number of amides is 2. The van der Waals surface area contributed by atoms with Crippen molar-refractivity contribution in [3.05, 3.63) is 0 Å². The molecule has 0 aromatic rings. The smallest absolute Gasteiger partial charge is 0.407 e. The number of aliphatic hydroxyl groups excluding tert-OH is 3. The summed E-state index contributed by atoms with van der Waals surface area (Å²) in [7, 11) is 1.00. The van der Waals surface area contributed by atoms with Crippen LogP contribution in [-0.2, 0) is 14.2 Å². The average molecular weight is 699 g/mol. The molecule has 11 nitrogen and oxygen atoms in total. The standard InChI is InChI=1S/C13H23NO3.C10H21NO3.C5H13NO.C3H3Br.CH4O/c1-5-10-16-11-8-6-7-9-14-12(15)17-13(2,3)4;1-10(2,3)14-9(13)11-7-5-4-6-8-12;6-4-2-1-3-5-7;1-2-3-4;1-2/h1H,6-11H2,2-4H3,(H,14,15);12H,4-8H2,1-3H3,(H,11,13);7H,1-6H2;1H,3H2;2H,1H3. The Morgan fingerprint density at radius 2 is 1.11 bits per heavy atom. The highest BCUT2D eigenvalue weighted by molar-refractivity contribution is 9.09. The van der Waals surface area contributed by atoms with E-state index in [0.717, 1.165) is 71.4 Å². The lowest BCUT2D eigenvalue weighted by molar-refractivity contribution is 0.0515. The highest BCUT2D eigenvalue weighted by atomic mass is 79.9. The van der Waals surface area contributed by atoms with Gasteiger partial charge in [-0.05, 0) is 106 Å². The summed E-state index contributed by atoms with van der Waals surface area (Å²) in [4.78, 5) is 22.4. The van der Waals surface area contributed by atoms with E-state index in [1.807, 2.05) is 41.5 Å². The van der Waals surface area contributed by atoms with E-state index < -0.39 is 11.2 Å². The predicted octanol–water partition coefficient (Wildman–Crippen LogP) is 4.74. The molecule has 12 heteroatoms. The Labute approximate surface area is 276 Å². The molecule has 0 spiro atoms. The number of alkyl carbamates (subject to hydrolysis) is 2. The third-order valence-electron chi connectivity index (χ3n) is 4.26. The normalized spacial score (nSPS) is 9.77. The van der Waals surface area contributed by atoms with Crippen LogP contribution in [0.25, 0.3) is 0 Å². The predicted molar refractivity (Wildman–Crippen MR) is 184 cm³/mol. The van der Waals surface area contributed by atoms with Crippen molar-refractivity contribution < 1.29 is 39.1 Å². The van der Waals surface area contributed by atoms with Crippen LogP contribution in [0.3, 0.4) is 0 Å². The van der Waals surface area contributed by atoms with Crippen LogP contribution >= 0.6 is 15.9 Å². The van der Waals surface area contributed by atoms with Crippen molar-refractivity contribution in [2.45, 2.75) is 111 Å². The van der Waals surface area contributed by atoms with Crippen LogP contribution in [0.1, 0.15) is 99.3 Å². The maximum atomic E-state index is 11.3. The minimum absolute atomic E-state index is 0.215. The van der Waals surface area contributed by atoms with Gasteiger partial charge in [0.2, 0.25) is 0 Å². The number of unbranched alkanes of at least 4 members (excludes halogenated alkanes) is 6. The zero-order valence-corrected chi connectivity index (χ0v) is 30.1. The number of ether oxygens (including phenoxy) is 3. The third-order valence-corrected chi connectivity index (χ3v) is 4.59. The Morgan fingerprint density at radius 3 is 1.43 bits per heavy atom. The Balaban J connectivity index is -0.000000167. The minimum atomic E-state index is -0.437. The summed E-state index contributed by atoms with van der Waals surface area (Å²) in [6.45, 7) is 14.6. The molecule has 0 aromatic heterocycles. The summed E-state index contributed by atoms with van der Waals surface area (Å²) in [6.07, 6.45) is 17.5. The lowest BCUT2D eigenvalue weighted by Gasteiger charge is -2.19. The van der Waals surface area contributed by atoms with Gasteiger partial charge in [0.05, 0.1) is 5.33 Å². The molecular weight excluding hydrogens is 634 g/mol. The Morgan fingerprint density at radius 1 is 0.727 bits per heavy atom. The number of rotatable bonds is 16. The van der Waals surface area contributed by atoms with Crippen LogP contribution in [0.2, 0.25) is 0 Å². The van der Waals surface area contributed by atoms with Crippen molar-refractivity contribution in [3.8, 4) is 24.7 Å². The second-order valence-electron chi connectivity index (χ2n) is 10.9. The fourth-order valence-corrected chi connectivity index (χ4v) is 2.49. The summed E-state index contributed by atoms with van der Waals surface area (Å²) in [5.74, 6) is 4.76. The molecule has 262 valence electrons. The molecule has 0 rings (SSSR count). The number of carbonyl (C=O) groups is 2. The van der Waals surface area contributed by atoms with Gasteiger partial charge in [-0.3, -0.25) is 0 Å². The molecule has 2 amide bonds. The van der Waals surface area contributed by atoms with Crippen molar-refractivity contribution in [1.82, 2.24) is 10.6 Å². The lowest BCUT2D eigenvalue weighted by atomic mass is 10.2. The van der Waals surface area contributed by atoms with Gasteiger partial charge in [0.1, 0.15) is 17.8 Å². The SMILES string of the molecule is C#CCBr.C#CCOCCCCCNC(=O)OC(C)(C)C.CC(C)(C)OC(=O)NCCCCCO.CO.NCCCCCO. The van der Waals surface area contributed by atoms with Crippen LogP contribution in [0, 0.1) is 24.7 Å². The summed E-state index contributed by atoms with van der Waals surface area (Å²) in [6, 6.07) is 0. The van der Waals surface area contributed by atoms with Crippen molar-refractivity contribution >= 4 is 28.1 Å². The molecule has 0 aliphatic heterocycles. The summed E-state index contributed by atoms with van der Waals surface area (Å²) < 4.78 is 15.3. The molecular formula is C32H64BrN3O8. The van der Waals surface area contributed by atoms with E-state index in [-0.39, 0.29) is 18.8 Å². The maximum Gasteiger partial charge on any atom is 0.407 e. The molecule has 0 aliphatic carbocycles. The first-order valence-electron chi connectivity index (χ1n) is 15.0. The lowest BCUT2D eigenvalue weighted by Crippen LogP contribution is -2.33. The number of hydrogen-bond acceptors (Lipinski definition) is 9. The van der Waals surface area contributed by atoms with Crippen LogP contribution in [0.5, 0.6) is 0 Å². The zero-order valence-electron chi connectivity index (χ0n) is 28.5. The fourth-order valence-electron chi connectivity index (χ4n) is 2.49. The van der Waals surface area contributed by atoms with E-state index in [1.54, 1.807) is 0 Å². The van der Waals surface area contributed by atoms with E-state index in [9.17, 15) is 9.59 Å². The largest absolute Gasteiger partial charge is 0.444 e. The van der Waals surface area contributed by atoms with Crippen LogP contribution < -0.4 is 16.4 Å². The first-order valence-corrected chi connectivity index (χ1v) is 16.2. The molecule has 0 aliphatic rings. The molecule has 0 radical (unpaired) electrons. The highest BCUT2D eigenvalue weighted by Crippen LogP contribution is 2.07. The Bertz CT molecular complexity index is 681. The van der Waals surface area contributed by atoms with Gasteiger partial charge in [0, 0.05) is 40.0 Å². The van der Waals surface area contributed by atoms with E-state index in [2.05, 4.69) is 38.4 Å². The first kappa shape index (κ1) is 51.5. The molecule has 0 saturated carbocycles. The van der Waals surface area contributed by atoms with Gasteiger partial charge in [0.15, 0.2) is 0 Å². The van der Waals surface area contributed by atoms with Gasteiger partial charge in [-0.15, -0.1) is 12.8 Å². The van der Waals surface area contributed by atoms with Gasteiger partial charge >= 0.3 is 12.2 Å². The first-order chi connectivity index (χ1) is 20.7. The number of terminal acetylenes is 2. The molecule has 0 bridgehead atoms.